The molecule has 2 aromatic heterocycles. The molecule has 23 heavy (non-hydrogen) atoms. The van der Waals surface area contributed by atoms with E-state index in [1.807, 2.05) is 24.3 Å². The molecular weight excluding hydrogens is 288 g/mol. The Balaban J connectivity index is 1.82. The van der Waals surface area contributed by atoms with Gasteiger partial charge in [-0.15, -0.1) is 0 Å². The maximum atomic E-state index is 5.95. The predicted octanol–water partition coefficient (Wildman–Crippen LogP) is 3.03. The van der Waals surface area contributed by atoms with E-state index in [9.17, 15) is 0 Å². The fourth-order valence-electron chi connectivity index (χ4n) is 2.67. The van der Waals surface area contributed by atoms with Gasteiger partial charge in [-0.2, -0.15) is 9.97 Å². The zero-order chi connectivity index (χ0) is 15.8. The van der Waals surface area contributed by atoms with Crippen LogP contribution >= 0.6 is 0 Å². The van der Waals surface area contributed by atoms with Crippen molar-refractivity contribution < 1.29 is 0 Å². The monoisotopic (exact) mass is 302 g/mol. The third-order valence-corrected chi connectivity index (χ3v) is 3.72. The summed E-state index contributed by atoms with van der Waals surface area (Å²) in [6.45, 7) is 0. The zero-order valence-corrected chi connectivity index (χ0v) is 12.2. The fourth-order valence-corrected chi connectivity index (χ4v) is 2.67. The molecule has 0 saturated carbocycles. The highest BCUT2D eigenvalue weighted by molar-refractivity contribution is 6.04. The standard InChI is InChI=1S/C17H14N6/c18-15-14-11(9-21-16(14)23-17(19)22-15)8-20-13-7-3-5-10-4-1-2-6-12(10)13/h1-9H,(H5,18,19,21,22,23). The van der Waals surface area contributed by atoms with Gasteiger partial charge in [0.1, 0.15) is 11.5 Å². The van der Waals surface area contributed by atoms with Crippen LogP contribution in [-0.4, -0.2) is 21.2 Å². The summed E-state index contributed by atoms with van der Waals surface area (Å²) >= 11 is 0. The van der Waals surface area contributed by atoms with Gasteiger partial charge in [-0.05, 0) is 11.5 Å². The number of nitrogen functional groups attached to an aromatic ring is 2. The second-order valence-corrected chi connectivity index (χ2v) is 5.19. The van der Waals surface area contributed by atoms with E-state index in [0.717, 1.165) is 27.4 Å². The Hall–Kier alpha value is -3.41. The molecule has 0 amide bonds. The van der Waals surface area contributed by atoms with Crippen LogP contribution < -0.4 is 11.5 Å². The molecule has 4 rings (SSSR count). The second kappa shape index (κ2) is 5.10. The number of H-pyrrole nitrogens is 1. The van der Waals surface area contributed by atoms with Crippen molar-refractivity contribution in [3.63, 3.8) is 0 Å². The van der Waals surface area contributed by atoms with Crippen molar-refractivity contribution in [3.05, 3.63) is 54.2 Å². The number of nitrogens with zero attached hydrogens (tertiary/aromatic N) is 3. The second-order valence-electron chi connectivity index (χ2n) is 5.19. The molecule has 0 aliphatic rings. The molecule has 6 heteroatoms. The number of aliphatic imine (C=N–C) groups is 1. The van der Waals surface area contributed by atoms with Crippen LogP contribution in [0, 0.1) is 0 Å². The zero-order valence-electron chi connectivity index (χ0n) is 12.2. The molecule has 0 bridgehead atoms. The first kappa shape index (κ1) is 13.3. The van der Waals surface area contributed by atoms with E-state index in [1.54, 1.807) is 12.4 Å². The van der Waals surface area contributed by atoms with E-state index in [1.165, 1.54) is 0 Å². The number of benzene rings is 2. The number of nitrogens with one attached hydrogen (secondary N) is 1. The van der Waals surface area contributed by atoms with Crippen LogP contribution in [-0.2, 0) is 0 Å². The number of anilines is 2. The van der Waals surface area contributed by atoms with E-state index in [2.05, 4.69) is 38.1 Å². The highest BCUT2D eigenvalue weighted by Crippen LogP contribution is 2.26. The first-order valence-corrected chi connectivity index (χ1v) is 7.14. The van der Waals surface area contributed by atoms with Gasteiger partial charge in [0, 0.05) is 23.4 Å². The number of aromatic amines is 1. The predicted molar refractivity (Wildman–Crippen MR) is 93.9 cm³/mol. The molecule has 0 saturated heterocycles. The average Bonchev–Trinajstić information content (AvgIpc) is 2.96. The van der Waals surface area contributed by atoms with Gasteiger partial charge < -0.3 is 16.5 Å². The molecule has 6 nitrogen and oxygen atoms in total. The molecule has 112 valence electrons. The molecule has 0 radical (unpaired) electrons. The molecule has 0 aliphatic heterocycles. The van der Waals surface area contributed by atoms with E-state index >= 15 is 0 Å². The summed E-state index contributed by atoms with van der Waals surface area (Å²) in [4.78, 5) is 15.8. The normalized spacial score (nSPS) is 11.7. The fraction of sp³-hybridized carbons (Fsp3) is 0. The first-order chi connectivity index (χ1) is 11.2. The quantitative estimate of drug-likeness (QED) is 0.495. The lowest BCUT2D eigenvalue weighted by atomic mass is 10.1. The molecule has 0 atom stereocenters. The van der Waals surface area contributed by atoms with Crippen LogP contribution in [0.3, 0.4) is 0 Å². The molecule has 2 heterocycles. The largest absolute Gasteiger partial charge is 0.383 e. The number of nitrogens with two attached hydrogens (primary N) is 2. The van der Waals surface area contributed by atoms with Crippen molar-refractivity contribution in [1.82, 2.24) is 15.0 Å². The summed E-state index contributed by atoms with van der Waals surface area (Å²) in [6.07, 6.45) is 3.56. The summed E-state index contributed by atoms with van der Waals surface area (Å²) in [5, 5.41) is 2.97. The van der Waals surface area contributed by atoms with E-state index in [4.69, 9.17) is 11.5 Å². The number of aromatic nitrogens is 3. The molecular formula is C17H14N6. The number of fused-ring (bicyclic) bond motifs is 2. The Labute approximate surface area is 131 Å². The van der Waals surface area contributed by atoms with E-state index in [-0.39, 0.29) is 5.95 Å². The van der Waals surface area contributed by atoms with Crippen LogP contribution in [0.4, 0.5) is 17.5 Å². The molecule has 2 aromatic carbocycles. The Bertz CT molecular complexity index is 1040. The maximum Gasteiger partial charge on any atom is 0.223 e. The van der Waals surface area contributed by atoms with Crippen LogP contribution in [0.25, 0.3) is 21.8 Å². The van der Waals surface area contributed by atoms with E-state index < -0.39 is 0 Å². The van der Waals surface area contributed by atoms with E-state index in [0.29, 0.717) is 11.5 Å². The Kier molecular flexibility index (Phi) is 2.94. The molecule has 0 unspecified atom stereocenters. The van der Waals surface area contributed by atoms with Gasteiger partial charge >= 0.3 is 0 Å². The Morgan fingerprint density at radius 2 is 1.83 bits per heavy atom. The molecule has 0 spiro atoms. The number of rotatable bonds is 2. The molecule has 0 fully saturated rings. The smallest absolute Gasteiger partial charge is 0.223 e. The SMILES string of the molecule is Nc1nc(N)c2c(C=Nc3cccc4ccccc34)c[nH]c2n1. The maximum absolute atomic E-state index is 5.95. The van der Waals surface area contributed by atoms with Gasteiger partial charge in [0.25, 0.3) is 0 Å². The third-order valence-electron chi connectivity index (χ3n) is 3.72. The van der Waals surface area contributed by atoms with Gasteiger partial charge in [0.2, 0.25) is 5.95 Å². The summed E-state index contributed by atoms with van der Waals surface area (Å²) in [5.74, 6) is 0.488. The van der Waals surface area contributed by atoms with Crippen molar-refractivity contribution in [1.29, 1.82) is 0 Å². The van der Waals surface area contributed by atoms with Crippen molar-refractivity contribution >= 4 is 45.5 Å². The van der Waals surface area contributed by atoms with Gasteiger partial charge in [-0.3, -0.25) is 4.99 Å². The summed E-state index contributed by atoms with van der Waals surface area (Å²) < 4.78 is 0. The van der Waals surface area contributed by atoms with Crippen LogP contribution in [0.1, 0.15) is 5.56 Å². The Morgan fingerprint density at radius 3 is 2.74 bits per heavy atom. The highest BCUT2D eigenvalue weighted by atomic mass is 15.1. The highest BCUT2D eigenvalue weighted by Gasteiger charge is 2.09. The lowest BCUT2D eigenvalue weighted by Crippen LogP contribution is -2.00. The number of hydrogen-bond donors (Lipinski definition) is 3. The first-order valence-electron chi connectivity index (χ1n) is 7.14. The minimum atomic E-state index is 0.148. The molecule has 0 aliphatic carbocycles. The Morgan fingerprint density at radius 1 is 1.00 bits per heavy atom. The van der Waals surface area contributed by atoms with Crippen molar-refractivity contribution in [2.24, 2.45) is 4.99 Å². The van der Waals surface area contributed by atoms with Gasteiger partial charge in [-0.25, -0.2) is 0 Å². The lowest BCUT2D eigenvalue weighted by molar-refractivity contribution is 1.22. The molecule has 4 aromatic rings. The van der Waals surface area contributed by atoms with Gasteiger partial charge in [-0.1, -0.05) is 36.4 Å². The van der Waals surface area contributed by atoms with Crippen LogP contribution in [0.2, 0.25) is 0 Å². The van der Waals surface area contributed by atoms with Crippen molar-refractivity contribution in [2.45, 2.75) is 0 Å². The summed E-state index contributed by atoms with van der Waals surface area (Å²) in [5.41, 5.74) is 13.9. The van der Waals surface area contributed by atoms with Crippen molar-refractivity contribution in [3.8, 4) is 0 Å². The third kappa shape index (κ3) is 2.26. The minimum absolute atomic E-state index is 0.148. The van der Waals surface area contributed by atoms with Crippen LogP contribution in [0.15, 0.2) is 53.7 Å². The van der Waals surface area contributed by atoms with Gasteiger partial charge in [0.05, 0.1) is 11.1 Å². The summed E-state index contributed by atoms with van der Waals surface area (Å²) in [6, 6.07) is 14.2. The minimum Gasteiger partial charge on any atom is -0.383 e. The average molecular weight is 302 g/mol. The summed E-state index contributed by atoms with van der Waals surface area (Å²) in [7, 11) is 0. The van der Waals surface area contributed by atoms with Crippen LogP contribution in [0.5, 0.6) is 0 Å². The number of hydrogen-bond acceptors (Lipinski definition) is 5. The lowest BCUT2D eigenvalue weighted by Gasteiger charge is -2.01. The molecule has 5 N–H and O–H groups in total. The van der Waals surface area contributed by atoms with Gasteiger partial charge in [0.15, 0.2) is 0 Å². The topological polar surface area (TPSA) is 106 Å². The van der Waals surface area contributed by atoms with Crippen molar-refractivity contribution in [2.75, 3.05) is 11.5 Å².